The summed E-state index contributed by atoms with van der Waals surface area (Å²) in [4.78, 5) is 12.2. The summed E-state index contributed by atoms with van der Waals surface area (Å²) in [5.74, 6) is 0.130. The molecule has 2 rings (SSSR count). The molecule has 1 aromatic heterocycles. The predicted molar refractivity (Wildman–Crippen MR) is 89.4 cm³/mol. The highest BCUT2D eigenvalue weighted by Crippen LogP contribution is 2.13. The topological polar surface area (TPSA) is 70.7 Å². The fourth-order valence-corrected chi connectivity index (χ4v) is 2.50. The minimum atomic E-state index is -0.460. The van der Waals surface area contributed by atoms with E-state index in [2.05, 4.69) is 16.5 Å². The summed E-state index contributed by atoms with van der Waals surface area (Å²) in [6, 6.07) is 10.9. The molecular formula is C18H22N4O. The number of rotatable bonds is 5. The number of nitrogens with zero attached hydrogens (tertiary/aromatic N) is 3. The number of aryl methyl sites for hydroxylation is 2. The first-order valence-corrected chi connectivity index (χ1v) is 7.75. The lowest BCUT2D eigenvalue weighted by molar-refractivity contribution is 0.0942. The lowest BCUT2D eigenvalue weighted by atomic mass is 10.0. The smallest absolute Gasteiger partial charge is 0.252 e. The first kappa shape index (κ1) is 16.8. The van der Waals surface area contributed by atoms with Gasteiger partial charge in [0.05, 0.1) is 17.5 Å². The molecule has 0 aliphatic carbocycles. The van der Waals surface area contributed by atoms with Crippen molar-refractivity contribution >= 4 is 5.91 Å². The Kier molecular flexibility index (Phi) is 5.17. The van der Waals surface area contributed by atoms with Crippen LogP contribution in [0.1, 0.15) is 42.0 Å². The summed E-state index contributed by atoms with van der Waals surface area (Å²) in [6.07, 6.45) is 0.645. The molecular weight excluding hydrogens is 288 g/mol. The van der Waals surface area contributed by atoms with Gasteiger partial charge >= 0.3 is 0 Å². The number of aromatic nitrogens is 2. The van der Waals surface area contributed by atoms with Gasteiger partial charge in [0.2, 0.25) is 0 Å². The van der Waals surface area contributed by atoms with Crippen LogP contribution < -0.4 is 5.32 Å². The second-order valence-corrected chi connectivity index (χ2v) is 6.17. The van der Waals surface area contributed by atoms with E-state index in [4.69, 9.17) is 5.26 Å². The fourth-order valence-electron chi connectivity index (χ4n) is 2.50. The van der Waals surface area contributed by atoms with Crippen LogP contribution in [0.5, 0.6) is 0 Å². The van der Waals surface area contributed by atoms with E-state index in [1.165, 1.54) is 0 Å². The Balaban J connectivity index is 2.11. The van der Waals surface area contributed by atoms with Crippen molar-refractivity contribution in [3.63, 3.8) is 0 Å². The molecule has 2 aromatic rings. The minimum Gasteiger partial charge on any atom is -0.336 e. The van der Waals surface area contributed by atoms with Gasteiger partial charge in [0.25, 0.3) is 5.91 Å². The number of benzene rings is 1. The quantitative estimate of drug-likeness (QED) is 0.922. The zero-order valence-corrected chi connectivity index (χ0v) is 14.0. The van der Waals surface area contributed by atoms with Crippen molar-refractivity contribution in [1.29, 1.82) is 5.26 Å². The molecule has 0 bridgehead atoms. The van der Waals surface area contributed by atoms with E-state index in [0.717, 1.165) is 17.1 Å². The highest BCUT2D eigenvalue weighted by Gasteiger charge is 2.14. The molecule has 1 atom stereocenters. The van der Waals surface area contributed by atoms with Gasteiger partial charge in [-0.1, -0.05) is 13.8 Å². The molecule has 1 amide bonds. The van der Waals surface area contributed by atoms with Crippen molar-refractivity contribution in [3.8, 4) is 11.8 Å². The first-order chi connectivity index (χ1) is 10.9. The Morgan fingerprint density at radius 3 is 2.43 bits per heavy atom. The number of nitriles is 1. The average molecular weight is 310 g/mol. The maximum Gasteiger partial charge on any atom is 0.252 e. The summed E-state index contributed by atoms with van der Waals surface area (Å²) >= 11 is 0. The molecule has 0 aliphatic rings. The van der Waals surface area contributed by atoms with Crippen molar-refractivity contribution in [2.45, 2.75) is 40.2 Å². The van der Waals surface area contributed by atoms with Gasteiger partial charge in [0.15, 0.2) is 0 Å². The molecule has 0 saturated carbocycles. The Morgan fingerprint density at radius 1 is 1.30 bits per heavy atom. The summed E-state index contributed by atoms with van der Waals surface area (Å²) in [7, 11) is 0. The third-order valence-corrected chi connectivity index (χ3v) is 3.55. The van der Waals surface area contributed by atoms with Gasteiger partial charge in [-0.25, -0.2) is 4.68 Å². The van der Waals surface area contributed by atoms with E-state index in [9.17, 15) is 4.79 Å². The summed E-state index contributed by atoms with van der Waals surface area (Å²) in [6.45, 7) is 7.99. The summed E-state index contributed by atoms with van der Waals surface area (Å²) < 4.78 is 1.84. The molecule has 0 aliphatic heterocycles. The number of hydrogen-bond acceptors (Lipinski definition) is 3. The molecule has 0 fully saturated rings. The molecule has 1 unspecified atom stereocenters. The average Bonchev–Trinajstić information content (AvgIpc) is 2.84. The lowest BCUT2D eigenvalue weighted by Gasteiger charge is -2.14. The highest BCUT2D eigenvalue weighted by molar-refractivity contribution is 5.94. The van der Waals surface area contributed by atoms with E-state index in [1.807, 2.05) is 50.6 Å². The van der Waals surface area contributed by atoms with Gasteiger partial charge < -0.3 is 5.32 Å². The van der Waals surface area contributed by atoms with Crippen LogP contribution in [-0.2, 0) is 0 Å². The monoisotopic (exact) mass is 310 g/mol. The number of carbonyl (C=O) groups is 1. The Bertz CT molecular complexity index is 722. The van der Waals surface area contributed by atoms with Crippen molar-refractivity contribution in [2.24, 2.45) is 5.92 Å². The van der Waals surface area contributed by atoms with Crippen molar-refractivity contribution in [2.75, 3.05) is 0 Å². The van der Waals surface area contributed by atoms with Crippen LogP contribution >= 0.6 is 0 Å². The molecule has 5 heteroatoms. The number of amides is 1. The first-order valence-electron chi connectivity index (χ1n) is 7.75. The van der Waals surface area contributed by atoms with E-state index in [1.54, 1.807) is 12.1 Å². The zero-order chi connectivity index (χ0) is 17.0. The Labute approximate surface area is 136 Å². The van der Waals surface area contributed by atoms with Crippen molar-refractivity contribution in [1.82, 2.24) is 15.1 Å². The number of hydrogen-bond donors (Lipinski definition) is 1. The van der Waals surface area contributed by atoms with Crippen LogP contribution in [0.2, 0.25) is 0 Å². The Morgan fingerprint density at radius 2 is 1.96 bits per heavy atom. The molecule has 0 saturated heterocycles. The van der Waals surface area contributed by atoms with Crippen molar-refractivity contribution in [3.05, 3.63) is 47.3 Å². The molecule has 0 radical (unpaired) electrons. The molecule has 120 valence electrons. The fraction of sp³-hybridized carbons (Fsp3) is 0.389. The molecule has 0 spiro atoms. The molecule has 5 nitrogen and oxygen atoms in total. The van der Waals surface area contributed by atoms with E-state index in [-0.39, 0.29) is 5.91 Å². The molecule has 23 heavy (non-hydrogen) atoms. The SMILES string of the molecule is Cc1cc(C)n(-c2ccc(C(=O)NC(C#N)CC(C)C)cc2)n1. The minimum absolute atomic E-state index is 0.225. The lowest BCUT2D eigenvalue weighted by Crippen LogP contribution is -2.34. The van der Waals surface area contributed by atoms with Crippen LogP contribution in [-0.4, -0.2) is 21.7 Å². The maximum atomic E-state index is 12.2. The van der Waals surface area contributed by atoms with Crippen LogP contribution in [0, 0.1) is 31.1 Å². The summed E-state index contributed by atoms with van der Waals surface area (Å²) in [5.41, 5.74) is 3.45. The third kappa shape index (κ3) is 4.19. The molecule has 1 N–H and O–H groups in total. The van der Waals surface area contributed by atoms with Gasteiger partial charge in [0.1, 0.15) is 6.04 Å². The molecule has 1 heterocycles. The van der Waals surface area contributed by atoms with E-state index < -0.39 is 6.04 Å². The molecule has 1 aromatic carbocycles. The van der Waals surface area contributed by atoms with Gasteiger partial charge in [0, 0.05) is 11.3 Å². The van der Waals surface area contributed by atoms with Crippen LogP contribution in [0.4, 0.5) is 0 Å². The van der Waals surface area contributed by atoms with E-state index >= 15 is 0 Å². The highest BCUT2D eigenvalue weighted by atomic mass is 16.1. The number of carbonyl (C=O) groups excluding carboxylic acids is 1. The van der Waals surface area contributed by atoms with Gasteiger partial charge in [-0.2, -0.15) is 10.4 Å². The summed E-state index contributed by atoms with van der Waals surface area (Å²) in [5, 5.41) is 16.3. The van der Waals surface area contributed by atoms with E-state index in [0.29, 0.717) is 17.9 Å². The zero-order valence-electron chi connectivity index (χ0n) is 14.0. The van der Waals surface area contributed by atoms with Gasteiger partial charge in [-0.05, 0) is 56.5 Å². The largest absolute Gasteiger partial charge is 0.336 e. The van der Waals surface area contributed by atoms with Crippen LogP contribution in [0.3, 0.4) is 0 Å². The normalized spacial score (nSPS) is 12.0. The predicted octanol–water partition coefficient (Wildman–Crippen LogP) is 3.16. The standard InChI is InChI=1S/C18H22N4O/c1-12(2)9-16(11-19)20-18(23)15-5-7-17(8-6-15)22-14(4)10-13(3)21-22/h5-8,10,12,16H,9H2,1-4H3,(H,20,23). The Hall–Kier alpha value is -2.61. The van der Waals surface area contributed by atoms with Crippen molar-refractivity contribution < 1.29 is 4.79 Å². The van der Waals surface area contributed by atoms with Crippen LogP contribution in [0.25, 0.3) is 5.69 Å². The third-order valence-electron chi connectivity index (χ3n) is 3.55. The number of nitrogens with one attached hydrogen (secondary N) is 1. The van der Waals surface area contributed by atoms with Crippen LogP contribution in [0.15, 0.2) is 30.3 Å². The van der Waals surface area contributed by atoms with Gasteiger partial charge in [-0.3, -0.25) is 4.79 Å². The maximum absolute atomic E-state index is 12.2. The second-order valence-electron chi connectivity index (χ2n) is 6.17. The van der Waals surface area contributed by atoms with Gasteiger partial charge in [-0.15, -0.1) is 0 Å². The second kappa shape index (κ2) is 7.10.